The van der Waals surface area contributed by atoms with Crippen LogP contribution in [0.1, 0.15) is 0 Å². The van der Waals surface area contributed by atoms with Gasteiger partial charge in [-0.2, -0.15) is 0 Å². The van der Waals surface area contributed by atoms with E-state index in [1.165, 1.54) is 28.8 Å². The quantitative estimate of drug-likeness (QED) is 0.557. The Morgan fingerprint density at radius 1 is 1.00 bits per heavy atom. The number of halogens is 4. The van der Waals surface area contributed by atoms with Gasteiger partial charge in [-0.3, -0.25) is 0 Å². The monoisotopic (exact) mass is 500 g/mol. The molecule has 140 valence electrons. The Morgan fingerprint density at radius 2 is 1.48 bits per heavy atom. The van der Waals surface area contributed by atoms with Crippen molar-refractivity contribution in [3.63, 3.8) is 0 Å². The largest absolute Gasteiger partial charge is 0.448 e. The molecule has 0 fully saturated rings. The maximum Gasteiger partial charge on any atom is 0.404 e. The zero-order valence-corrected chi connectivity index (χ0v) is 16.8. The predicted octanol–water partition coefficient (Wildman–Crippen LogP) is 4.51. The Kier molecular flexibility index (Phi) is 5.85. The van der Waals surface area contributed by atoms with Crippen LogP contribution in [0.15, 0.2) is 45.3 Å². The number of carbonyl (C=O) groups excluding carboxylic acids is 1. The highest BCUT2D eigenvalue weighted by molar-refractivity contribution is 9.10. The lowest BCUT2D eigenvalue weighted by molar-refractivity contribution is 0.152. The third-order valence-corrected chi connectivity index (χ3v) is 4.64. The Hall–Kier alpha value is -2.33. The van der Waals surface area contributed by atoms with Crippen LogP contribution in [0.25, 0.3) is 22.8 Å². The maximum atomic E-state index is 14.4. The van der Waals surface area contributed by atoms with Crippen molar-refractivity contribution in [2.45, 2.75) is 6.54 Å². The van der Waals surface area contributed by atoms with Gasteiger partial charge in [-0.1, -0.05) is 31.9 Å². The van der Waals surface area contributed by atoms with Gasteiger partial charge in [0, 0.05) is 8.95 Å². The van der Waals surface area contributed by atoms with Crippen LogP contribution in [0.5, 0.6) is 0 Å². The lowest BCUT2D eigenvalue weighted by Crippen LogP contribution is -2.17. The molecule has 0 radical (unpaired) electrons. The number of hydrogen-bond acceptors (Lipinski definition) is 4. The van der Waals surface area contributed by atoms with Crippen LogP contribution in [0.4, 0.5) is 13.6 Å². The smallest absolute Gasteiger partial charge is 0.404 e. The van der Waals surface area contributed by atoms with Crippen LogP contribution in [-0.2, 0) is 11.3 Å². The third-order valence-electron chi connectivity index (χ3n) is 3.65. The Bertz CT molecular complexity index is 942. The van der Waals surface area contributed by atoms with Gasteiger partial charge in [0.2, 0.25) is 0 Å². The number of amides is 1. The van der Waals surface area contributed by atoms with Crippen molar-refractivity contribution in [3.05, 3.63) is 57.0 Å². The fourth-order valence-electron chi connectivity index (χ4n) is 2.49. The van der Waals surface area contributed by atoms with Crippen molar-refractivity contribution in [1.29, 1.82) is 0 Å². The summed E-state index contributed by atoms with van der Waals surface area (Å²) in [5, 5.41) is 8.04. The third kappa shape index (κ3) is 4.33. The molecule has 2 N–H and O–H groups in total. The molecule has 0 unspecified atom stereocenters. The summed E-state index contributed by atoms with van der Waals surface area (Å²) in [5.41, 5.74) is 5.33. The summed E-state index contributed by atoms with van der Waals surface area (Å²) in [6, 6.07) is 8.92. The fourth-order valence-corrected chi connectivity index (χ4v) is 3.16. The molecule has 1 amide bonds. The lowest BCUT2D eigenvalue weighted by atomic mass is 10.1. The molecule has 6 nitrogen and oxygen atoms in total. The number of ether oxygens (including phenoxy) is 1. The van der Waals surface area contributed by atoms with Gasteiger partial charge in [-0.25, -0.2) is 13.6 Å². The van der Waals surface area contributed by atoms with Gasteiger partial charge >= 0.3 is 6.09 Å². The van der Waals surface area contributed by atoms with E-state index >= 15 is 0 Å². The zero-order valence-electron chi connectivity index (χ0n) is 13.6. The molecule has 0 atom stereocenters. The van der Waals surface area contributed by atoms with Gasteiger partial charge in [-0.05, 0) is 36.4 Å². The van der Waals surface area contributed by atoms with Crippen LogP contribution in [0, 0.1) is 11.6 Å². The highest BCUT2D eigenvalue weighted by Crippen LogP contribution is 2.30. The van der Waals surface area contributed by atoms with Gasteiger partial charge in [-0.15, -0.1) is 10.2 Å². The number of nitrogens with zero attached hydrogens (tertiary/aromatic N) is 3. The summed E-state index contributed by atoms with van der Waals surface area (Å²) >= 11 is 6.39. The lowest BCUT2D eigenvalue weighted by Gasteiger charge is -2.12. The molecular formula is C17H12Br2F2N4O2. The Labute approximate surface area is 169 Å². The minimum absolute atomic E-state index is 0.0611. The van der Waals surface area contributed by atoms with Crippen LogP contribution >= 0.6 is 31.9 Å². The van der Waals surface area contributed by atoms with E-state index in [1.54, 1.807) is 12.1 Å². The number of benzene rings is 2. The van der Waals surface area contributed by atoms with E-state index in [-0.39, 0.29) is 35.9 Å². The first kappa shape index (κ1) is 19.4. The molecule has 2 aromatic carbocycles. The molecule has 27 heavy (non-hydrogen) atoms. The van der Waals surface area contributed by atoms with Crippen molar-refractivity contribution in [1.82, 2.24) is 14.8 Å². The van der Waals surface area contributed by atoms with E-state index in [2.05, 4.69) is 42.1 Å². The number of hydrogen-bond donors (Lipinski definition) is 1. The fraction of sp³-hybridized carbons (Fsp3) is 0.118. The zero-order chi connectivity index (χ0) is 19.6. The molecule has 10 heteroatoms. The predicted molar refractivity (Wildman–Crippen MR) is 102 cm³/mol. The van der Waals surface area contributed by atoms with Gasteiger partial charge in [0.05, 0.1) is 17.7 Å². The minimum atomic E-state index is -0.948. The average molecular weight is 502 g/mol. The van der Waals surface area contributed by atoms with Gasteiger partial charge in [0.25, 0.3) is 0 Å². The van der Waals surface area contributed by atoms with E-state index in [1.807, 2.05) is 0 Å². The second-order valence-corrected chi connectivity index (χ2v) is 7.25. The van der Waals surface area contributed by atoms with E-state index in [0.29, 0.717) is 8.95 Å². The molecule has 3 aromatic rings. The Morgan fingerprint density at radius 3 is 1.89 bits per heavy atom. The second-order valence-electron chi connectivity index (χ2n) is 5.41. The summed E-state index contributed by atoms with van der Waals surface area (Å²) in [7, 11) is 0. The standard InChI is InChI=1S/C17H12Br2F2N4O2/c18-9-1-3-11(13(20)7-9)15-23-24-16(25(15)5-6-27-17(22)26)12-4-2-10(19)8-14(12)21/h1-4,7-8H,5-6H2,(H2,22,26). The van der Waals surface area contributed by atoms with Gasteiger partial charge < -0.3 is 15.0 Å². The molecule has 0 bridgehead atoms. The summed E-state index contributed by atoms with van der Waals surface area (Å²) in [4.78, 5) is 10.8. The van der Waals surface area contributed by atoms with Crippen LogP contribution < -0.4 is 5.73 Å². The molecule has 0 aliphatic carbocycles. The van der Waals surface area contributed by atoms with Crippen molar-refractivity contribution in [2.24, 2.45) is 5.73 Å². The number of rotatable bonds is 5. The molecule has 0 saturated heterocycles. The van der Waals surface area contributed by atoms with Gasteiger partial charge in [0.15, 0.2) is 11.6 Å². The summed E-state index contributed by atoms with van der Waals surface area (Å²) < 4.78 is 36.2. The van der Waals surface area contributed by atoms with Crippen molar-refractivity contribution in [3.8, 4) is 22.8 Å². The highest BCUT2D eigenvalue weighted by atomic mass is 79.9. The van der Waals surface area contributed by atoms with E-state index in [9.17, 15) is 13.6 Å². The summed E-state index contributed by atoms with van der Waals surface area (Å²) in [6.07, 6.45) is -0.948. The summed E-state index contributed by atoms with van der Waals surface area (Å²) in [5.74, 6) is -0.718. The normalized spacial score (nSPS) is 10.8. The van der Waals surface area contributed by atoms with Crippen LogP contribution in [0.2, 0.25) is 0 Å². The van der Waals surface area contributed by atoms with Gasteiger partial charge in [0.1, 0.15) is 18.2 Å². The highest BCUT2D eigenvalue weighted by Gasteiger charge is 2.20. The van der Waals surface area contributed by atoms with Crippen LogP contribution in [0.3, 0.4) is 0 Å². The van der Waals surface area contributed by atoms with E-state index in [4.69, 9.17) is 10.5 Å². The van der Waals surface area contributed by atoms with Crippen molar-refractivity contribution in [2.75, 3.05) is 6.61 Å². The molecule has 1 heterocycles. The first-order chi connectivity index (χ1) is 12.9. The summed E-state index contributed by atoms with van der Waals surface area (Å²) in [6.45, 7) is -0.0463. The minimum Gasteiger partial charge on any atom is -0.448 e. The number of nitrogens with two attached hydrogens (primary N) is 1. The topological polar surface area (TPSA) is 83.0 Å². The molecule has 0 aliphatic rings. The van der Waals surface area contributed by atoms with E-state index < -0.39 is 17.7 Å². The number of primary amides is 1. The Balaban J connectivity index is 2.11. The van der Waals surface area contributed by atoms with E-state index in [0.717, 1.165) is 0 Å². The molecule has 0 spiro atoms. The average Bonchev–Trinajstić information content (AvgIpc) is 2.98. The first-order valence-electron chi connectivity index (χ1n) is 7.63. The van der Waals surface area contributed by atoms with Crippen molar-refractivity contribution >= 4 is 38.0 Å². The SMILES string of the molecule is NC(=O)OCCn1c(-c2ccc(Br)cc2F)nnc1-c1ccc(Br)cc1F. The van der Waals surface area contributed by atoms with Crippen LogP contribution in [-0.4, -0.2) is 27.5 Å². The second kappa shape index (κ2) is 8.13. The van der Waals surface area contributed by atoms with Crippen molar-refractivity contribution < 1.29 is 18.3 Å². The maximum absolute atomic E-state index is 14.4. The molecular weight excluding hydrogens is 490 g/mol. The molecule has 1 aromatic heterocycles. The number of carbonyl (C=O) groups is 1. The first-order valence-corrected chi connectivity index (χ1v) is 9.21. The molecule has 0 aliphatic heterocycles. The molecule has 3 rings (SSSR count). The molecule has 0 saturated carbocycles. The number of aromatic nitrogens is 3.